The Morgan fingerprint density at radius 3 is 2.63 bits per heavy atom. The predicted octanol–water partition coefficient (Wildman–Crippen LogP) is 6.20. The van der Waals surface area contributed by atoms with E-state index in [9.17, 15) is 4.79 Å². The monoisotopic (exact) mass is 431 g/mol. The zero-order chi connectivity index (χ0) is 21.4. The first-order valence-electron chi connectivity index (χ1n) is 10.7. The highest BCUT2D eigenvalue weighted by Gasteiger charge is 2.31. The van der Waals surface area contributed by atoms with Crippen LogP contribution in [0.2, 0.25) is 0 Å². The van der Waals surface area contributed by atoms with Gasteiger partial charge in [-0.3, -0.25) is 0 Å². The number of carbonyl (C=O) groups excluding carboxylic acids is 1. The van der Waals surface area contributed by atoms with Gasteiger partial charge in [-0.05, 0) is 80.1 Å². The van der Waals surface area contributed by atoms with Gasteiger partial charge in [-0.2, -0.15) is 11.3 Å². The van der Waals surface area contributed by atoms with Gasteiger partial charge in [-0.1, -0.05) is 12.1 Å². The first kappa shape index (κ1) is 22.6. The van der Waals surface area contributed by atoms with E-state index in [0.717, 1.165) is 43.5 Å². The van der Waals surface area contributed by atoms with E-state index in [-0.39, 0.29) is 12.1 Å². The molecular weight excluding hydrogens is 398 g/mol. The Kier molecular flexibility index (Phi) is 8.16. The zero-order valence-electron chi connectivity index (χ0n) is 18.3. The molecule has 1 fully saturated rings. The molecule has 1 atom stereocenters. The maximum absolute atomic E-state index is 12.6. The summed E-state index contributed by atoms with van der Waals surface area (Å²) < 4.78 is 17.1. The van der Waals surface area contributed by atoms with Crippen molar-refractivity contribution >= 4 is 17.4 Å². The van der Waals surface area contributed by atoms with Crippen LogP contribution in [0.25, 0.3) is 0 Å². The summed E-state index contributed by atoms with van der Waals surface area (Å²) in [6, 6.07) is 10.3. The summed E-state index contributed by atoms with van der Waals surface area (Å²) in [7, 11) is 0. The summed E-state index contributed by atoms with van der Waals surface area (Å²) in [5.74, 6) is 0.844. The van der Waals surface area contributed by atoms with Crippen LogP contribution in [0.15, 0.2) is 41.1 Å². The van der Waals surface area contributed by atoms with Crippen molar-refractivity contribution in [3.8, 4) is 5.75 Å². The van der Waals surface area contributed by atoms with Crippen LogP contribution in [0.1, 0.15) is 63.6 Å². The molecule has 1 amide bonds. The molecule has 0 N–H and O–H groups in total. The van der Waals surface area contributed by atoms with Crippen molar-refractivity contribution in [3.63, 3.8) is 0 Å². The van der Waals surface area contributed by atoms with E-state index >= 15 is 0 Å². The Labute approximate surface area is 183 Å². The lowest BCUT2D eigenvalue weighted by Gasteiger charge is -2.37. The van der Waals surface area contributed by atoms with Crippen LogP contribution >= 0.6 is 11.3 Å². The maximum atomic E-state index is 12.6. The molecule has 0 radical (unpaired) electrons. The van der Waals surface area contributed by atoms with Crippen molar-refractivity contribution in [2.75, 3.05) is 19.8 Å². The van der Waals surface area contributed by atoms with Crippen LogP contribution in [0, 0.1) is 0 Å². The van der Waals surface area contributed by atoms with Crippen LogP contribution in [0.5, 0.6) is 5.75 Å². The highest BCUT2D eigenvalue weighted by Crippen LogP contribution is 2.33. The fraction of sp³-hybridized carbons (Fsp3) is 0.542. The molecule has 2 aromatic rings. The van der Waals surface area contributed by atoms with Crippen LogP contribution < -0.4 is 4.74 Å². The van der Waals surface area contributed by atoms with E-state index in [1.807, 2.05) is 37.8 Å². The van der Waals surface area contributed by atoms with E-state index in [1.54, 1.807) is 11.3 Å². The third-order valence-corrected chi connectivity index (χ3v) is 5.68. The number of ether oxygens (including phenoxy) is 3. The Morgan fingerprint density at radius 2 is 1.93 bits per heavy atom. The first-order valence-corrected chi connectivity index (χ1v) is 11.7. The lowest BCUT2D eigenvalue weighted by molar-refractivity contribution is 0.00951. The van der Waals surface area contributed by atoms with Crippen LogP contribution in [0.3, 0.4) is 0 Å². The first-order chi connectivity index (χ1) is 14.4. The second kappa shape index (κ2) is 10.8. The minimum Gasteiger partial charge on any atom is -0.494 e. The van der Waals surface area contributed by atoms with Crippen LogP contribution in [0.4, 0.5) is 4.79 Å². The van der Waals surface area contributed by atoms with Gasteiger partial charge in [-0.25, -0.2) is 4.79 Å². The fourth-order valence-corrected chi connectivity index (χ4v) is 4.17. The number of hydrogen-bond donors (Lipinski definition) is 0. The molecule has 5 nitrogen and oxygen atoms in total. The molecule has 1 saturated heterocycles. The predicted molar refractivity (Wildman–Crippen MR) is 120 cm³/mol. The van der Waals surface area contributed by atoms with Gasteiger partial charge in [0.25, 0.3) is 0 Å². The van der Waals surface area contributed by atoms with Gasteiger partial charge >= 0.3 is 6.09 Å². The van der Waals surface area contributed by atoms with E-state index in [2.05, 4.69) is 29.0 Å². The Balaban J connectivity index is 1.45. The van der Waals surface area contributed by atoms with Gasteiger partial charge in [0, 0.05) is 13.0 Å². The maximum Gasteiger partial charge on any atom is 0.410 e. The van der Waals surface area contributed by atoms with E-state index in [4.69, 9.17) is 14.2 Å². The molecule has 3 rings (SSSR count). The minimum atomic E-state index is -0.482. The molecule has 30 heavy (non-hydrogen) atoms. The average Bonchev–Trinajstić information content (AvgIpc) is 3.23. The molecule has 1 aromatic heterocycles. The average molecular weight is 432 g/mol. The van der Waals surface area contributed by atoms with Gasteiger partial charge in [0.05, 0.1) is 25.9 Å². The number of amides is 1. The summed E-state index contributed by atoms with van der Waals surface area (Å²) in [5, 5.41) is 4.17. The molecule has 0 saturated carbocycles. The molecule has 1 aliphatic rings. The minimum absolute atomic E-state index is 0.0631. The van der Waals surface area contributed by atoms with Gasteiger partial charge in [0.2, 0.25) is 0 Å². The topological polar surface area (TPSA) is 48.0 Å². The summed E-state index contributed by atoms with van der Waals surface area (Å²) in [5.41, 5.74) is 1.87. The Hall–Kier alpha value is -2.05. The van der Waals surface area contributed by atoms with Crippen molar-refractivity contribution in [3.05, 3.63) is 52.2 Å². The molecule has 6 heteroatoms. The smallest absolute Gasteiger partial charge is 0.410 e. The van der Waals surface area contributed by atoms with Crippen LogP contribution in [-0.4, -0.2) is 36.4 Å². The van der Waals surface area contributed by atoms with Crippen LogP contribution in [-0.2, 0) is 16.1 Å². The number of rotatable bonds is 8. The number of thiophene rings is 1. The van der Waals surface area contributed by atoms with Crippen molar-refractivity contribution in [2.45, 2.75) is 64.7 Å². The van der Waals surface area contributed by atoms with Crippen molar-refractivity contribution < 1.29 is 19.0 Å². The second-order valence-corrected chi connectivity index (χ2v) is 9.42. The van der Waals surface area contributed by atoms with E-state index < -0.39 is 5.60 Å². The number of nitrogens with zero attached hydrogens (tertiary/aromatic N) is 1. The fourth-order valence-electron chi connectivity index (χ4n) is 3.52. The van der Waals surface area contributed by atoms with Gasteiger partial charge in [0.1, 0.15) is 11.4 Å². The number of piperidine rings is 1. The summed E-state index contributed by atoms with van der Waals surface area (Å²) in [4.78, 5) is 14.5. The molecule has 1 aliphatic heterocycles. The van der Waals surface area contributed by atoms with Gasteiger partial charge in [0.15, 0.2) is 0 Å². The Morgan fingerprint density at radius 1 is 1.13 bits per heavy atom. The highest BCUT2D eigenvalue weighted by molar-refractivity contribution is 7.07. The molecule has 1 aromatic carbocycles. The summed E-state index contributed by atoms with van der Waals surface area (Å²) in [6.07, 6.45) is 3.72. The zero-order valence-corrected chi connectivity index (χ0v) is 19.1. The molecule has 0 spiro atoms. The molecule has 164 valence electrons. The van der Waals surface area contributed by atoms with Crippen molar-refractivity contribution in [1.29, 1.82) is 0 Å². The number of carbonyl (C=O) groups is 1. The quantitative estimate of drug-likeness (QED) is 0.467. The summed E-state index contributed by atoms with van der Waals surface area (Å²) >= 11 is 1.69. The molecule has 1 unspecified atom stereocenters. The number of hydrogen-bond acceptors (Lipinski definition) is 5. The van der Waals surface area contributed by atoms with E-state index in [0.29, 0.717) is 19.8 Å². The number of benzene rings is 1. The largest absolute Gasteiger partial charge is 0.494 e. The third-order valence-electron chi connectivity index (χ3n) is 4.95. The SMILES string of the molecule is CC(C)(C)OC(=O)N1CCCCC1c1ccc(OCCCOCc2ccsc2)cc1. The third kappa shape index (κ3) is 7.03. The van der Waals surface area contributed by atoms with Gasteiger partial charge in [-0.15, -0.1) is 0 Å². The normalized spacial score (nSPS) is 17.0. The number of likely N-dealkylation sites (tertiary alicyclic amines) is 1. The lowest BCUT2D eigenvalue weighted by atomic mass is 9.95. The highest BCUT2D eigenvalue weighted by atomic mass is 32.1. The lowest BCUT2D eigenvalue weighted by Crippen LogP contribution is -2.41. The molecular formula is C24H33NO4S. The molecule has 0 bridgehead atoms. The summed E-state index contributed by atoms with van der Waals surface area (Å²) in [6.45, 7) is 8.42. The standard InChI is InChI=1S/C24H33NO4S/c1-24(2,3)29-23(26)25-13-5-4-7-22(25)20-8-10-21(11-9-20)28-15-6-14-27-17-19-12-16-30-18-19/h8-12,16,18,22H,4-7,13-15,17H2,1-3H3. The van der Waals surface area contributed by atoms with E-state index in [1.165, 1.54) is 5.56 Å². The van der Waals surface area contributed by atoms with Gasteiger partial charge < -0.3 is 19.1 Å². The molecule has 0 aliphatic carbocycles. The second-order valence-electron chi connectivity index (χ2n) is 8.64. The van der Waals surface area contributed by atoms with Crippen molar-refractivity contribution in [2.24, 2.45) is 0 Å². The Bertz CT molecular complexity index is 768. The van der Waals surface area contributed by atoms with Crippen molar-refractivity contribution in [1.82, 2.24) is 4.90 Å². The molecule has 2 heterocycles.